The predicted molar refractivity (Wildman–Crippen MR) is 77.2 cm³/mol. The van der Waals surface area contributed by atoms with E-state index in [0.29, 0.717) is 5.56 Å². The normalized spacial score (nSPS) is 10.7. The van der Waals surface area contributed by atoms with Crippen molar-refractivity contribution in [3.05, 3.63) is 61.8 Å². The average Bonchev–Trinajstić information content (AvgIpc) is 2.84. The first-order valence-corrected chi connectivity index (χ1v) is 6.52. The Bertz CT molecular complexity index is 662. The van der Waals surface area contributed by atoms with Gasteiger partial charge in [0.25, 0.3) is 11.6 Å². The van der Waals surface area contributed by atoms with Crippen LogP contribution in [0.1, 0.15) is 20.1 Å². The highest BCUT2D eigenvalue weighted by Crippen LogP contribution is 2.13. The van der Waals surface area contributed by atoms with Gasteiger partial charge in [-0.1, -0.05) is 0 Å². The van der Waals surface area contributed by atoms with Crippen molar-refractivity contribution in [3.8, 4) is 0 Å². The van der Waals surface area contributed by atoms with Gasteiger partial charge in [0.1, 0.15) is 0 Å². The Morgan fingerprint density at radius 1 is 1.30 bits per heavy atom. The second-order valence-electron chi connectivity index (χ2n) is 3.95. The SMILES string of the molecule is Cc1ccc(C=NNC(=O)c2ccc([N+](=O)[O-])cc2)s1. The van der Waals surface area contributed by atoms with Crippen molar-refractivity contribution in [1.29, 1.82) is 0 Å². The number of aryl methyl sites for hydroxylation is 1. The van der Waals surface area contributed by atoms with Gasteiger partial charge in [0.05, 0.1) is 11.1 Å². The van der Waals surface area contributed by atoms with Gasteiger partial charge >= 0.3 is 0 Å². The standard InChI is InChI=1S/C13H11N3O3S/c1-9-2-7-12(20-9)8-14-15-13(17)10-3-5-11(6-4-10)16(18)19/h2-8H,1H3,(H,15,17). The molecule has 7 heteroatoms. The van der Waals surface area contributed by atoms with Gasteiger partial charge in [-0.05, 0) is 31.2 Å². The molecule has 0 saturated carbocycles. The average molecular weight is 289 g/mol. The zero-order valence-electron chi connectivity index (χ0n) is 10.6. The van der Waals surface area contributed by atoms with Crippen LogP contribution in [0, 0.1) is 17.0 Å². The Kier molecular flexibility index (Phi) is 4.21. The number of nitro groups is 1. The summed E-state index contributed by atoms with van der Waals surface area (Å²) in [5.74, 6) is -0.413. The van der Waals surface area contributed by atoms with Gasteiger partial charge in [-0.25, -0.2) is 5.43 Å². The van der Waals surface area contributed by atoms with Gasteiger partial charge < -0.3 is 0 Å². The van der Waals surface area contributed by atoms with Crippen LogP contribution in [-0.2, 0) is 0 Å². The molecule has 0 aliphatic rings. The minimum atomic E-state index is -0.515. The Balaban J connectivity index is 1.98. The molecule has 2 rings (SSSR count). The number of carbonyl (C=O) groups is 1. The van der Waals surface area contributed by atoms with Crippen LogP contribution < -0.4 is 5.43 Å². The van der Waals surface area contributed by atoms with Gasteiger partial charge in [0, 0.05) is 27.5 Å². The summed E-state index contributed by atoms with van der Waals surface area (Å²) in [4.78, 5) is 23.8. The summed E-state index contributed by atoms with van der Waals surface area (Å²) in [6.45, 7) is 1.98. The molecule has 0 spiro atoms. The van der Waals surface area contributed by atoms with Crippen molar-refractivity contribution in [2.75, 3.05) is 0 Å². The zero-order valence-corrected chi connectivity index (χ0v) is 11.4. The van der Waals surface area contributed by atoms with Crippen molar-refractivity contribution in [2.45, 2.75) is 6.92 Å². The number of hydrazone groups is 1. The van der Waals surface area contributed by atoms with Crippen LogP contribution in [0.5, 0.6) is 0 Å². The second kappa shape index (κ2) is 6.07. The molecule has 1 heterocycles. The molecule has 0 aliphatic carbocycles. The second-order valence-corrected chi connectivity index (χ2v) is 5.27. The molecule has 20 heavy (non-hydrogen) atoms. The number of carbonyl (C=O) groups excluding carboxylic acids is 1. The Hall–Kier alpha value is -2.54. The monoisotopic (exact) mass is 289 g/mol. The number of rotatable bonds is 4. The van der Waals surface area contributed by atoms with Crippen LogP contribution in [-0.4, -0.2) is 17.0 Å². The van der Waals surface area contributed by atoms with Crippen LogP contribution >= 0.6 is 11.3 Å². The molecule has 0 saturated heterocycles. The highest BCUT2D eigenvalue weighted by molar-refractivity contribution is 7.13. The number of hydrogen-bond acceptors (Lipinski definition) is 5. The van der Waals surface area contributed by atoms with E-state index in [4.69, 9.17) is 0 Å². The highest BCUT2D eigenvalue weighted by Gasteiger charge is 2.08. The van der Waals surface area contributed by atoms with E-state index in [2.05, 4.69) is 10.5 Å². The maximum atomic E-state index is 11.7. The third-order valence-corrected chi connectivity index (χ3v) is 3.39. The van der Waals surface area contributed by atoms with E-state index >= 15 is 0 Å². The fraction of sp³-hybridized carbons (Fsp3) is 0.0769. The lowest BCUT2D eigenvalue weighted by Gasteiger charge is -1.98. The lowest BCUT2D eigenvalue weighted by atomic mass is 10.2. The van der Waals surface area contributed by atoms with E-state index < -0.39 is 10.8 Å². The van der Waals surface area contributed by atoms with Gasteiger partial charge in [-0.15, -0.1) is 11.3 Å². The third-order valence-electron chi connectivity index (χ3n) is 2.46. The fourth-order valence-electron chi connectivity index (χ4n) is 1.48. The minimum Gasteiger partial charge on any atom is -0.267 e. The molecule has 1 amide bonds. The first kappa shape index (κ1) is 13.9. The smallest absolute Gasteiger partial charge is 0.267 e. The first-order chi connectivity index (χ1) is 9.56. The number of nitro benzene ring substituents is 1. The third kappa shape index (κ3) is 3.48. The first-order valence-electron chi connectivity index (χ1n) is 5.70. The molecule has 0 aliphatic heterocycles. The summed E-state index contributed by atoms with van der Waals surface area (Å²) in [6.07, 6.45) is 1.56. The largest absolute Gasteiger partial charge is 0.271 e. The highest BCUT2D eigenvalue weighted by atomic mass is 32.1. The van der Waals surface area contributed by atoms with E-state index in [0.717, 1.165) is 9.75 Å². The molecule has 2 aromatic rings. The van der Waals surface area contributed by atoms with Crippen LogP contribution in [0.3, 0.4) is 0 Å². The summed E-state index contributed by atoms with van der Waals surface area (Å²) < 4.78 is 0. The summed E-state index contributed by atoms with van der Waals surface area (Å²) >= 11 is 1.56. The van der Waals surface area contributed by atoms with Crippen molar-refractivity contribution in [1.82, 2.24) is 5.43 Å². The summed E-state index contributed by atoms with van der Waals surface area (Å²) in [5, 5.41) is 14.3. The number of hydrogen-bond donors (Lipinski definition) is 1. The number of amides is 1. The van der Waals surface area contributed by atoms with Crippen molar-refractivity contribution in [3.63, 3.8) is 0 Å². The van der Waals surface area contributed by atoms with Gasteiger partial charge in [0.2, 0.25) is 0 Å². The molecule has 0 fully saturated rings. The topological polar surface area (TPSA) is 84.6 Å². The molecular weight excluding hydrogens is 278 g/mol. The van der Waals surface area contributed by atoms with Crippen molar-refractivity contribution < 1.29 is 9.72 Å². The zero-order chi connectivity index (χ0) is 14.5. The molecule has 0 bridgehead atoms. The number of benzene rings is 1. The van der Waals surface area contributed by atoms with Crippen LogP contribution in [0.4, 0.5) is 5.69 Å². The molecule has 1 aromatic heterocycles. The van der Waals surface area contributed by atoms with Gasteiger partial charge in [-0.2, -0.15) is 5.10 Å². The quantitative estimate of drug-likeness (QED) is 0.533. The number of non-ortho nitro benzene ring substituents is 1. The van der Waals surface area contributed by atoms with Crippen molar-refractivity contribution >= 4 is 29.1 Å². The van der Waals surface area contributed by atoms with Gasteiger partial charge in [0.15, 0.2) is 0 Å². The van der Waals surface area contributed by atoms with E-state index in [1.54, 1.807) is 17.6 Å². The van der Waals surface area contributed by atoms with E-state index in [9.17, 15) is 14.9 Å². The maximum absolute atomic E-state index is 11.7. The summed E-state index contributed by atoms with van der Waals surface area (Å²) in [6, 6.07) is 9.20. The fourth-order valence-corrected chi connectivity index (χ4v) is 2.23. The summed E-state index contributed by atoms with van der Waals surface area (Å²) in [7, 11) is 0. The van der Waals surface area contributed by atoms with Gasteiger partial charge in [-0.3, -0.25) is 14.9 Å². The van der Waals surface area contributed by atoms with Crippen LogP contribution in [0.15, 0.2) is 41.5 Å². The molecule has 102 valence electrons. The number of nitrogens with one attached hydrogen (secondary N) is 1. The van der Waals surface area contributed by atoms with E-state index in [1.165, 1.54) is 24.3 Å². The Morgan fingerprint density at radius 3 is 2.55 bits per heavy atom. The Morgan fingerprint density at radius 2 is 2.00 bits per heavy atom. The maximum Gasteiger partial charge on any atom is 0.271 e. The lowest BCUT2D eigenvalue weighted by molar-refractivity contribution is -0.384. The number of nitrogens with zero attached hydrogens (tertiary/aromatic N) is 2. The van der Waals surface area contributed by atoms with Crippen LogP contribution in [0.2, 0.25) is 0 Å². The summed E-state index contributed by atoms with van der Waals surface area (Å²) in [5.41, 5.74) is 2.63. The molecule has 1 N–H and O–H groups in total. The minimum absolute atomic E-state index is 0.0564. The van der Waals surface area contributed by atoms with Crippen molar-refractivity contribution in [2.24, 2.45) is 5.10 Å². The lowest BCUT2D eigenvalue weighted by Crippen LogP contribution is -2.17. The molecule has 1 aromatic carbocycles. The number of thiophene rings is 1. The molecule has 0 radical (unpaired) electrons. The molecule has 6 nitrogen and oxygen atoms in total. The Labute approximate surface area is 118 Å². The van der Waals surface area contributed by atoms with E-state index in [-0.39, 0.29) is 5.69 Å². The predicted octanol–water partition coefficient (Wildman–Crippen LogP) is 2.73. The van der Waals surface area contributed by atoms with Crippen LogP contribution in [0.25, 0.3) is 0 Å². The molecular formula is C13H11N3O3S. The molecule has 0 unspecified atom stereocenters. The molecule has 0 atom stereocenters. The van der Waals surface area contributed by atoms with E-state index in [1.807, 2.05) is 19.1 Å².